The molecule has 1 aromatic rings. The third-order valence-corrected chi connectivity index (χ3v) is 4.02. The highest BCUT2D eigenvalue weighted by Crippen LogP contribution is 2.24. The number of pyridine rings is 1. The van der Waals surface area contributed by atoms with E-state index in [9.17, 15) is 0 Å². The minimum Gasteiger partial charge on any atom is -0.377 e. The largest absolute Gasteiger partial charge is 0.377 e. The van der Waals surface area contributed by atoms with E-state index in [4.69, 9.17) is 5.73 Å². The molecule has 1 aromatic heterocycles. The Morgan fingerprint density at radius 2 is 2.00 bits per heavy atom. The summed E-state index contributed by atoms with van der Waals surface area (Å²) < 4.78 is 0. The zero-order chi connectivity index (χ0) is 13.8. The van der Waals surface area contributed by atoms with Crippen molar-refractivity contribution >= 4 is 11.5 Å². The van der Waals surface area contributed by atoms with Gasteiger partial charge in [0.15, 0.2) is 0 Å². The summed E-state index contributed by atoms with van der Waals surface area (Å²) in [7, 11) is 4.13. The molecule has 2 rings (SSSR count). The van der Waals surface area contributed by atoms with Crippen molar-refractivity contribution in [1.82, 2.24) is 4.98 Å². The van der Waals surface area contributed by atoms with Crippen molar-refractivity contribution in [3.63, 3.8) is 0 Å². The maximum atomic E-state index is 5.94. The standard InChI is InChI=1S/C15H26N4/c1-11-9-17-15(8-14(11)19(2)3)18-10-12-4-6-13(16)7-5-12/h8-9,12-13H,4-7,10,16H2,1-3H3,(H,17,18). The molecule has 1 aliphatic carbocycles. The van der Waals surface area contributed by atoms with Crippen LogP contribution in [0, 0.1) is 12.8 Å². The van der Waals surface area contributed by atoms with Gasteiger partial charge >= 0.3 is 0 Å². The molecule has 0 aromatic carbocycles. The molecule has 0 aliphatic heterocycles. The van der Waals surface area contributed by atoms with E-state index >= 15 is 0 Å². The number of hydrogen-bond acceptors (Lipinski definition) is 4. The van der Waals surface area contributed by atoms with Crippen LogP contribution in [0.15, 0.2) is 12.3 Å². The molecule has 0 amide bonds. The first-order valence-corrected chi connectivity index (χ1v) is 7.19. The number of nitrogens with zero attached hydrogens (tertiary/aromatic N) is 2. The SMILES string of the molecule is Cc1cnc(NCC2CCC(N)CC2)cc1N(C)C. The fraction of sp³-hybridized carbons (Fsp3) is 0.667. The first-order chi connectivity index (χ1) is 9.06. The molecule has 4 nitrogen and oxygen atoms in total. The van der Waals surface area contributed by atoms with E-state index in [-0.39, 0.29) is 0 Å². The number of aromatic nitrogens is 1. The van der Waals surface area contributed by atoms with Crippen LogP contribution >= 0.6 is 0 Å². The second kappa shape index (κ2) is 6.24. The Morgan fingerprint density at radius 1 is 1.32 bits per heavy atom. The summed E-state index contributed by atoms with van der Waals surface area (Å²) in [5.74, 6) is 1.72. The first kappa shape index (κ1) is 14.1. The van der Waals surface area contributed by atoms with Gasteiger partial charge in [-0.15, -0.1) is 0 Å². The van der Waals surface area contributed by atoms with Crippen molar-refractivity contribution in [3.8, 4) is 0 Å². The van der Waals surface area contributed by atoms with Gasteiger partial charge < -0.3 is 16.0 Å². The van der Waals surface area contributed by atoms with E-state index in [1.54, 1.807) is 0 Å². The second-order valence-electron chi connectivity index (χ2n) is 5.91. The van der Waals surface area contributed by atoms with E-state index in [0.29, 0.717) is 6.04 Å². The van der Waals surface area contributed by atoms with Crippen LogP contribution in [0.4, 0.5) is 11.5 Å². The molecule has 1 fully saturated rings. The van der Waals surface area contributed by atoms with Crippen LogP contribution in [0.2, 0.25) is 0 Å². The van der Waals surface area contributed by atoms with E-state index in [0.717, 1.165) is 31.1 Å². The second-order valence-corrected chi connectivity index (χ2v) is 5.91. The maximum Gasteiger partial charge on any atom is 0.127 e. The molecule has 0 unspecified atom stereocenters. The van der Waals surface area contributed by atoms with Crippen LogP contribution in [0.5, 0.6) is 0 Å². The van der Waals surface area contributed by atoms with Crippen molar-refractivity contribution in [2.75, 3.05) is 30.9 Å². The van der Waals surface area contributed by atoms with Gasteiger partial charge in [-0.25, -0.2) is 4.98 Å². The van der Waals surface area contributed by atoms with Crippen molar-refractivity contribution in [2.24, 2.45) is 11.7 Å². The monoisotopic (exact) mass is 262 g/mol. The summed E-state index contributed by atoms with van der Waals surface area (Å²) in [6, 6.07) is 2.55. The molecule has 1 aliphatic rings. The van der Waals surface area contributed by atoms with Gasteiger partial charge in [0.05, 0.1) is 0 Å². The summed E-state index contributed by atoms with van der Waals surface area (Å²) in [4.78, 5) is 6.59. The Labute approximate surface area is 116 Å². The predicted molar refractivity (Wildman–Crippen MR) is 81.7 cm³/mol. The third-order valence-electron chi connectivity index (χ3n) is 4.02. The Balaban J connectivity index is 1.91. The van der Waals surface area contributed by atoms with Crippen LogP contribution in [-0.4, -0.2) is 31.7 Å². The number of hydrogen-bond donors (Lipinski definition) is 2. The molecule has 4 heteroatoms. The molecule has 3 N–H and O–H groups in total. The summed E-state index contributed by atoms with van der Waals surface area (Å²) in [6.45, 7) is 3.10. The molecular formula is C15H26N4. The van der Waals surface area contributed by atoms with Crippen molar-refractivity contribution in [1.29, 1.82) is 0 Å². The fourth-order valence-electron chi connectivity index (χ4n) is 2.73. The van der Waals surface area contributed by atoms with E-state index < -0.39 is 0 Å². The zero-order valence-electron chi connectivity index (χ0n) is 12.3. The highest BCUT2D eigenvalue weighted by Gasteiger charge is 2.18. The lowest BCUT2D eigenvalue weighted by atomic mass is 9.86. The minimum atomic E-state index is 0.425. The van der Waals surface area contributed by atoms with E-state index in [2.05, 4.69) is 42.3 Å². The number of nitrogens with one attached hydrogen (secondary N) is 1. The van der Waals surface area contributed by atoms with Gasteiger partial charge in [0.1, 0.15) is 5.82 Å². The summed E-state index contributed by atoms with van der Waals surface area (Å²) >= 11 is 0. The Kier molecular flexibility index (Phi) is 4.64. The van der Waals surface area contributed by atoms with Crippen molar-refractivity contribution in [2.45, 2.75) is 38.6 Å². The normalized spacial score (nSPS) is 23.2. The Morgan fingerprint density at radius 3 is 2.63 bits per heavy atom. The third kappa shape index (κ3) is 3.83. The van der Waals surface area contributed by atoms with E-state index in [1.165, 1.54) is 24.1 Å². The molecule has 1 saturated carbocycles. The van der Waals surface area contributed by atoms with Crippen LogP contribution in [-0.2, 0) is 0 Å². The molecule has 106 valence electrons. The summed E-state index contributed by atoms with van der Waals surface area (Å²) in [6.07, 6.45) is 6.74. The van der Waals surface area contributed by atoms with Crippen LogP contribution in [0.3, 0.4) is 0 Å². The topological polar surface area (TPSA) is 54.2 Å². The highest BCUT2D eigenvalue weighted by molar-refractivity contribution is 5.57. The lowest BCUT2D eigenvalue weighted by Gasteiger charge is -2.26. The molecule has 19 heavy (non-hydrogen) atoms. The van der Waals surface area contributed by atoms with Crippen molar-refractivity contribution in [3.05, 3.63) is 17.8 Å². The van der Waals surface area contributed by atoms with Crippen LogP contribution < -0.4 is 16.0 Å². The fourth-order valence-corrected chi connectivity index (χ4v) is 2.73. The molecular weight excluding hydrogens is 236 g/mol. The van der Waals surface area contributed by atoms with Gasteiger partial charge in [-0.2, -0.15) is 0 Å². The number of aryl methyl sites for hydroxylation is 1. The van der Waals surface area contributed by atoms with Gasteiger partial charge in [0.2, 0.25) is 0 Å². The maximum absolute atomic E-state index is 5.94. The lowest BCUT2D eigenvalue weighted by Crippen LogP contribution is -2.29. The minimum absolute atomic E-state index is 0.425. The van der Waals surface area contributed by atoms with E-state index in [1.807, 2.05) is 6.20 Å². The smallest absolute Gasteiger partial charge is 0.127 e. The number of anilines is 2. The molecule has 0 radical (unpaired) electrons. The lowest BCUT2D eigenvalue weighted by molar-refractivity contribution is 0.338. The molecule has 0 spiro atoms. The van der Waals surface area contributed by atoms with Gasteiger partial charge in [0, 0.05) is 44.6 Å². The van der Waals surface area contributed by atoms with Gasteiger partial charge in [0.25, 0.3) is 0 Å². The van der Waals surface area contributed by atoms with Gasteiger partial charge in [-0.3, -0.25) is 0 Å². The first-order valence-electron chi connectivity index (χ1n) is 7.19. The van der Waals surface area contributed by atoms with Gasteiger partial charge in [-0.05, 0) is 44.1 Å². The van der Waals surface area contributed by atoms with Crippen molar-refractivity contribution < 1.29 is 0 Å². The molecule has 0 atom stereocenters. The highest BCUT2D eigenvalue weighted by atomic mass is 15.1. The Bertz CT molecular complexity index is 409. The Hall–Kier alpha value is -1.29. The quantitative estimate of drug-likeness (QED) is 0.875. The average molecular weight is 262 g/mol. The van der Waals surface area contributed by atoms with Crippen LogP contribution in [0.25, 0.3) is 0 Å². The predicted octanol–water partition coefficient (Wildman–Crippen LogP) is 2.39. The summed E-state index contributed by atoms with van der Waals surface area (Å²) in [5, 5.41) is 3.47. The van der Waals surface area contributed by atoms with Gasteiger partial charge in [-0.1, -0.05) is 0 Å². The number of rotatable bonds is 4. The van der Waals surface area contributed by atoms with Crippen LogP contribution in [0.1, 0.15) is 31.2 Å². The zero-order valence-corrected chi connectivity index (χ0v) is 12.3. The molecule has 1 heterocycles. The average Bonchev–Trinajstić information content (AvgIpc) is 2.39. The molecule has 0 bridgehead atoms. The summed E-state index contributed by atoms with van der Waals surface area (Å²) in [5.41, 5.74) is 8.37. The molecule has 0 saturated heterocycles. The number of nitrogens with two attached hydrogens (primary N) is 1.